The Kier molecular flexibility index (Phi) is 30.4. The monoisotopic (exact) mass is 897 g/mol. The quantitative estimate of drug-likeness (QED) is 0.0160. The molecule has 0 bridgehead atoms. The van der Waals surface area contributed by atoms with Gasteiger partial charge in [0, 0.05) is 36.1 Å². The van der Waals surface area contributed by atoms with Crippen molar-refractivity contribution in [2.75, 3.05) is 90.6 Å². The standard InChI is InChI=1S/C35H63N9O14S2/c1-8-59-60-24-26(30(36)48)42-31(49)25(41-29(47)22-55-20-17-52-15-13-39-27(45)21-54-19-18-53-16-14-40-43-37)11-9-10-12-38-28(46)23-56-44(32(50)57-34(2,3)4)33(51)58-35(5,6)7/h25-26H,8-24H2,1-7H3,(H2,36,48)(H,38,46)(H,39,45)(H,41,47)(H,42,49)/t25-,26-/m0/s1. The smallest absolute Gasteiger partial charge is 0.442 e. The number of nitrogens with two attached hydrogens (primary N) is 1. The van der Waals surface area contributed by atoms with E-state index in [9.17, 15) is 33.6 Å². The number of hydrogen-bond acceptors (Lipinski definition) is 17. The molecule has 25 heteroatoms. The average Bonchev–Trinajstić information content (AvgIpc) is 3.14. The van der Waals surface area contributed by atoms with Gasteiger partial charge in [0.25, 0.3) is 0 Å². The molecular formula is C35H63N9O14S2. The molecule has 0 aliphatic rings. The highest BCUT2D eigenvalue weighted by molar-refractivity contribution is 8.76. The van der Waals surface area contributed by atoms with Crippen molar-refractivity contribution in [3.63, 3.8) is 0 Å². The minimum atomic E-state index is -1.17. The van der Waals surface area contributed by atoms with Crippen LogP contribution in [0.2, 0.25) is 0 Å². The SMILES string of the molecule is CCSSC[C@H](NC(=O)[C@H](CCCCNC(=O)CON(C(=O)OC(C)(C)C)C(=O)OC(C)(C)C)NC(=O)COCCOCCNC(=O)COCCOCCN=[N+]=[N-])C(N)=O. The number of carbonyl (C=O) groups excluding carboxylic acids is 7. The van der Waals surface area contributed by atoms with Crippen molar-refractivity contribution in [1.82, 2.24) is 26.3 Å². The zero-order chi connectivity index (χ0) is 45.4. The van der Waals surface area contributed by atoms with Crippen molar-refractivity contribution >= 4 is 63.3 Å². The van der Waals surface area contributed by atoms with Crippen LogP contribution in [0, 0.1) is 0 Å². The first-order valence-electron chi connectivity index (χ1n) is 19.2. The zero-order valence-corrected chi connectivity index (χ0v) is 37.2. The van der Waals surface area contributed by atoms with Crippen LogP contribution in [0.15, 0.2) is 5.11 Å². The number of ether oxygens (including phenoxy) is 6. The van der Waals surface area contributed by atoms with Crippen molar-refractivity contribution in [3.05, 3.63) is 10.4 Å². The topological polar surface area (TPSA) is 310 Å². The van der Waals surface area contributed by atoms with Gasteiger partial charge in [-0.2, -0.15) is 0 Å². The normalized spacial score (nSPS) is 12.2. The summed E-state index contributed by atoms with van der Waals surface area (Å²) in [6.07, 6.45) is -1.55. The number of imide groups is 1. The molecule has 0 aliphatic carbocycles. The molecule has 0 aliphatic heterocycles. The predicted octanol–water partition coefficient (Wildman–Crippen LogP) is 1.73. The van der Waals surface area contributed by atoms with Gasteiger partial charge < -0.3 is 55.4 Å². The van der Waals surface area contributed by atoms with Crippen molar-refractivity contribution in [3.8, 4) is 0 Å². The molecule has 0 aromatic rings. The highest BCUT2D eigenvalue weighted by Crippen LogP contribution is 2.21. The van der Waals surface area contributed by atoms with Crippen LogP contribution >= 0.6 is 21.6 Å². The Hall–Kier alpha value is -4.10. The van der Waals surface area contributed by atoms with Gasteiger partial charge in [-0.15, -0.1) is 0 Å². The molecule has 0 saturated heterocycles. The number of amides is 7. The maximum atomic E-state index is 13.3. The van der Waals surface area contributed by atoms with Crippen molar-refractivity contribution in [2.24, 2.45) is 10.8 Å². The van der Waals surface area contributed by atoms with Crippen LogP contribution in [0.25, 0.3) is 10.4 Å². The summed E-state index contributed by atoms with van der Waals surface area (Å²) < 4.78 is 31.5. The number of unbranched alkanes of at least 4 members (excludes halogenated alkanes) is 1. The number of carbonyl (C=O) groups is 7. The van der Waals surface area contributed by atoms with E-state index in [0.29, 0.717) is 12.8 Å². The Labute approximate surface area is 358 Å². The summed E-state index contributed by atoms with van der Waals surface area (Å²) in [5.74, 6) is -2.02. The van der Waals surface area contributed by atoms with Crippen LogP contribution in [-0.2, 0) is 57.2 Å². The highest BCUT2D eigenvalue weighted by atomic mass is 33.1. The molecule has 23 nitrogen and oxygen atoms in total. The van der Waals surface area contributed by atoms with E-state index in [4.69, 9.17) is 44.5 Å². The number of hydrogen-bond donors (Lipinski definition) is 5. The molecule has 60 heavy (non-hydrogen) atoms. The average molecular weight is 898 g/mol. The molecule has 0 heterocycles. The second kappa shape index (κ2) is 32.6. The molecule has 0 spiro atoms. The molecule has 344 valence electrons. The highest BCUT2D eigenvalue weighted by Gasteiger charge is 2.33. The summed E-state index contributed by atoms with van der Waals surface area (Å²) in [4.78, 5) is 95.3. The number of nitrogens with one attached hydrogen (secondary N) is 4. The Morgan fingerprint density at radius 2 is 1.25 bits per heavy atom. The van der Waals surface area contributed by atoms with Gasteiger partial charge in [-0.25, -0.2) is 14.4 Å². The Morgan fingerprint density at radius 1 is 0.700 bits per heavy atom. The third-order valence-electron chi connectivity index (χ3n) is 6.61. The van der Waals surface area contributed by atoms with Gasteiger partial charge in [-0.05, 0) is 66.3 Å². The lowest BCUT2D eigenvalue weighted by Gasteiger charge is -2.27. The summed E-state index contributed by atoms with van der Waals surface area (Å²) >= 11 is 0. The molecule has 6 N–H and O–H groups in total. The van der Waals surface area contributed by atoms with E-state index in [1.165, 1.54) is 21.6 Å². The van der Waals surface area contributed by atoms with Crippen LogP contribution in [0.5, 0.6) is 0 Å². The fourth-order valence-electron chi connectivity index (χ4n) is 4.07. The van der Waals surface area contributed by atoms with Gasteiger partial charge in [0.15, 0.2) is 6.61 Å². The molecule has 0 aromatic heterocycles. The van der Waals surface area contributed by atoms with Crippen molar-refractivity contribution in [2.45, 2.75) is 91.0 Å². The molecule has 0 fully saturated rings. The number of primary amides is 1. The van der Waals surface area contributed by atoms with Crippen LogP contribution in [0.4, 0.5) is 9.59 Å². The summed E-state index contributed by atoms with van der Waals surface area (Å²) in [5, 5.41) is 14.0. The van der Waals surface area contributed by atoms with E-state index in [2.05, 4.69) is 31.3 Å². The minimum absolute atomic E-state index is 0.0355. The van der Waals surface area contributed by atoms with E-state index >= 15 is 0 Å². The van der Waals surface area contributed by atoms with Crippen LogP contribution in [0.1, 0.15) is 67.7 Å². The molecule has 7 amide bonds. The third-order valence-corrected chi connectivity index (χ3v) is 9.10. The van der Waals surface area contributed by atoms with E-state index in [-0.39, 0.29) is 89.0 Å². The Balaban J connectivity index is 4.91. The first kappa shape index (κ1) is 55.9. The first-order chi connectivity index (χ1) is 28.3. The van der Waals surface area contributed by atoms with Gasteiger partial charge in [-0.1, -0.05) is 38.7 Å². The zero-order valence-electron chi connectivity index (χ0n) is 35.6. The van der Waals surface area contributed by atoms with Crippen LogP contribution in [0.3, 0.4) is 0 Å². The predicted molar refractivity (Wildman–Crippen MR) is 221 cm³/mol. The summed E-state index contributed by atoms with van der Waals surface area (Å²) in [5.41, 5.74) is 11.8. The number of azide groups is 1. The van der Waals surface area contributed by atoms with E-state index in [1.807, 2.05) is 6.92 Å². The molecule has 2 atom stereocenters. The maximum absolute atomic E-state index is 13.3. The van der Waals surface area contributed by atoms with Gasteiger partial charge in [0.05, 0.1) is 39.6 Å². The van der Waals surface area contributed by atoms with Gasteiger partial charge in [-0.3, -0.25) is 24.0 Å². The molecule has 0 radical (unpaired) electrons. The summed E-state index contributed by atoms with van der Waals surface area (Å²) in [6.45, 7) is 11.7. The lowest BCUT2D eigenvalue weighted by Crippen LogP contribution is -2.54. The molecule has 0 aromatic carbocycles. The van der Waals surface area contributed by atoms with Crippen molar-refractivity contribution < 1.29 is 66.8 Å². The minimum Gasteiger partial charge on any atom is -0.442 e. The lowest BCUT2D eigenvalue weighted by atomic mass is 10.1. The maximum Gasteiger partial charge on any atom is 0.444 e. The summed E-state index contributed by atoms with van der Waals surface area (Å²) in [6, 6.07) is -2.07. The second-order valence-corrected chi connectivity index (χ2v) is 17.1. The lowest BCUT2D eigenvalue weighted by molar-refractivity contribution is -0.154. The van der Waals surface area contributed by atoms with Gasteiger partial charge in [0.2, 0.25) is 29.5 Å². The first-order valence-corrected chi connectivity index (χ1v) is 21.7. The fraction of sp³-hybridized carbons (Fsp3) is 0.800. The largest absolute Gasteiger partial charge is 0.444 e. The molecule has 0 unspecified atom stereocenters. The van der Waals surface area contributed by atoms with Gasteiger partial charge in [0.1, 0.15) is 36.5 Å². The molecular weight excluding hydrogens is 835 g/mol. The van der Waals surface area contributed by atoms with E-state index in [0.717, 1.165) is 5.75 Å². The van der Waals surface area contributed by atoms with Crippen molar-refractivity contribution in [1.29, 1.82) is 0 Å². The van der Waals surface area contributed by atoms with E-state index in [1.54, 1.807) is 41.5 Å². The Morgan fingerprint density at radius 3 is 1.82 bits per heavy atom. The summed E-state index contributed by atoms with van der Waals surface area (Å²) in [7, 11) is 2.85. The fourth-order valence-corrected chi connectivity index (χ4v) is 5.91. The van der Waals surface area contributed by atoms with Crippen LogP contribution < -0.4 is 27.0 Å². The second-order valence-electron chi connectivity index (χ2n) is 14.3. The number of nitrogens with zero attached hydrogens (tertiary/aromatic N) is 4. The van der Waals surface area contributed by atoms with E-state index < -0.39 is 72.3 Å². The number of rotatable bonds is 32. The Bertz CT molecular complexity index is 1350. The number of hydroxylamine groups is 2. The third kappa shape index (κ3) is 31.8. The molecule has 0 saturated carbocycles. The van der Waals surface area contributed by atoms with Crippen LogP contribution in [-0.4, -0.2) is 161 Å². The van der Waals surface area contributed by atoms with Gasteiger partial charge >= 0.3 is 12.2 Å². The molecule has 0 rings (SSSR count).